The van der Waals surface area contributed by atoms with Crippen LogP contribution < -0.4 is 5.32 Å². The van der Waals surface area contributed by atoms with E-state index in [9.17, 15) is 4.39 Å². The van der Waals surface area contributed by atoms with Crippen LogP contribution >= 0.6 is 11.6 Å². The van der Waals surface area contributed by atoms with E-state index in [1.54, 1.807) is 6.07 Å². The average molecular weight is 296 g/mol. The molecule has 2 saturated carbocycles. The first kappa shape index (κ1) is 14.3. The molecular formula is C17H23ClFN. The molecule has 0 aliphatic heterocycles. The first-order chi connectivity index (χ1) is 9.65. The predicted molar refractivity (Wildman–Crippen MR) is 81.5 cm³/mol. The fourth-order valence-electron chi connectivity index (χ4n) is 4.28. The van der Waals surface area contributed by atoms with Crippen LogP contribution in [0, 0.1) is 23.6 Å². The van der Waals surface area contributed by atoms with Crippen molar-refractivity contribution in [2.75, 3.05) is 7.05 Å². The Morgan fingerprint density at radius 1 is 1.35 bits per heavy atom. The molecule has 1 nitrogen and oxygen atoms in total. The summed E-state index contributed by atoms with van der Waals surface area (Å²) in [7, 11) is 2.03. The van der Waals surface area contributed by atoms with Gasteiger partial charge in [-0.25, -0.2) is 4.39 Å². The molecule has 2 aliphatic carbocycles. The molecule has 3 heteroatoms. The van der Waals surface area contributed by atoms with E-state index in [0.717, 1.165) is 29.7 Å². The summed E-state index contributed by atoms with van der Waals surface area (Å²) in [6.45, 7) is 0. The van der Waals surface area contributed by atoms with Crippen molar-refractivity contribution in [3.05, 3.63) is 34.6 Å². The molecule has 2 fully saturated rings. The van der Waals surface area contributed by atoms with Crippen molar-refractivity contribution in [3.63, 3.8) is 0 Å². The summed E-state index contributed by atoms with van der Waals surface area (Å²) in [5.74, 6) is 2.53. The second-order valence-electron chi connectivity index (χ2n) is 6.61. The van der Waals surface area contributed by atoms with Gasteiger partial charge >= 0.3 is 0 Å². The molecule has 0 radical (unpaired) electrons. The number of halogens is 2. The van der Waals surface area contributed by atoms with Gasteiger partial charge in [0.1, 0.15) is 5.82 Å². The van der Waals surface area contributed by atoms with Crippen LogP contribution in [0.1, 0.15) is 37.7 Å². The Bertz CT molecular complexity index is 476. The predicted octanol–water partition coefficient (Wildman–Crippen LogP) is 4.44. The van der Waals surface area contributed by atoms with E-state index in [4.69, 9.17) is 11.6 Å². The zero-order chi connectivity index (χ0) is 14.1. The Hall–Kier alpha value is -0.600. The molecule has 20 heavy (non-hydrogen) atoms. The van der Waals surface area contributed by atoms with E-state index in [1.165, 1.54) is 38.2 Å². The third-order valence-electron chi connectivity index (χ3n) is 5.35. The highest BCUT2D eigenvalue weighted by Gasteiger charge is 2.39. The highest BCUT2D eigenvalue weighted by atomic mass is 35.5. The monoisotopic (exact) mass is 295 g/mol. The van der Waals surface area contributed by atoms with Gasteiger partial charge in [0, 0.05) is 6.04 Å². The Kier molecular flexibility index (Phi) is 4.32. The van der Waals surface area contributed by atoms with Gasteiger partial charge in [0.15, 0.2) is 0 Å². The third kappa shape index (κ3) is 3.01. The van der Waals surface area contributed by atoms with Crippen LogP contribution in [0.15, 0.2) is 18.2 Å². The summed E-state index contributed by atoms with van der Waals surface area (Å²) >= 11 is 5.87. The van der Waals surface area contributed by atoms with Gasteiger partial charge in [-0.05, 0) is 74.6 Å². The molecule has 0 aromatic heterocycles. The van der Waals surface area contributed by atoms with Crippen LogP contribution in [0.25, 0.3) is 0 Å². The minimum Gasteiger partial charge on any atom is -0.317 e. The third-order valence-corrected chi connectivity index (χ3v) is 5.64. The molecule has 1 aromatic rings. The van der Waals surface area contributed by atoms with Crippen LogP contribution in [-0.2, 0) is 6.42 Å². The van der Waals surface area contributed by atoms with E-state index in [2.05, 4.69) is 5.32 Å². The average Bonchev–Trinajstić information content (AvgIpc) is 3.04. The number of benzene rings is 1. The smallest absolute Gasteiger partial charge is 0.141 e. The van der Waals surface area contributed by atoms with Gasteiger partial charge in [0.25, 0.3) is 0 Å². The fourth-order valence-corrected chi connectivity index (χ4v) is 4.49. The number of fused-ring (bicyclic) bond motifs is 2. The van der Waals surface area contributed by atoms with Crippen LogP contribution in [0.3, 0.4) is 0 Å². The lowest BCUT2D eigenvalue weighted by Crippen LogP contribution is -2.31. The standard InChI is InChI=1S/C17H23ClFN/c1-20-15(8-12-3-5-17(19)16(18)9-12)10-14-7-11-2-4-13(14)6-11/h3,5,9,11,13-15,20H,2,4,6-8,10H2,1H3. The Morgan fingerprint density at radius 3 is 2.80 bits per heavy atom. The van der Waals surface area contributed by atoms with E-state index < -0.39 is 0 Å². The number of nitrogens with one attached hydrogen (secondary N) is 1. The first-order valence-electron chi connectivity index (χ1n) is 7.77. The van der Waals surface area contributed by atoms with Crippen molar-refractivity contribution >= 4 is 11.6 Å². The number of hydrogen-bond donors (Lipinski definition) is 1. The van der Waals surface area contributed by atoms with E-state index >= 15 is 0 Å². The largest absolute Gasteiger partial charge is 0.317 e. The van der Waals surface area contributed by atoms with Crippen molar-refractivity contribution in [2.24, 2.45) is 17.8 Å². The summed E-state index contributed by atoms with van der Waals surface area (Å²) in [5.41, 5.74) is 1.12. The molecule has 0 spiro atoms. The van der Waals surface area contributed by atoms with Crippen LogP contribution in [0.2, 0.25) is 5.02 Å². The molecule has 2 aliphatic rings. The van der Waals surface area contributed by atoms with Gasteiger partial charge < -0.3 is 5.32 Å². The second-order valence-corrected chi connectivity index (χ2v) is 7.02. The Balaban J connectivity index is 1.60. The maximum atomic E-state index is 13.2. The number of likely N-dealkylation sites (N-methyl/N-ethyl adjacent to an activating group) is 1. The molecule has 4 atom stereocenters. The zero-order valence-corrected chi connectivity index (χ0v) is 12.8. The quantitative estimate of drug-likeness (QED) is 0.847. The van der Waals surface area contributed by atoms with E-state index in [-0.39, 0.29) is 10.8 Å². The molecule has 0 heterocycles. The molecule has 1 aromatic carbocycles. The summed E-state index contributed by atoms with van der Waals surface area (Å²) < 4.78 is 13.2. The molecule has 2 bridgehead atoms. The van der Waals surface area contributed by atoms with Gasteiger partial charge in [-0.15, -0.1) is 0 Å². The molecule has 1 N–H and O–H groups in total. The van der Waals surface area contributed by atoms with Gasteiger partial charge in [0.2, 0.25) is 0 Å². The maximum absolute atomic E-state index is 13.2. The molecule has 0 amide bonds. The van der Waals surface area contributed by atoms with E-state index in [0.29, 0.717) is 6.04 Å². The van der Waals surface area contributed by atoms with Crippen molar-refractivity contribution in [2.45, 2.75) is 44.6 Å². The van der Waals surface area contributed by atoms with Crippen LogP contribution in [0.5, 0.6) is 0 Å². The van der Waals surface area contributed by atoms with Crippen molar-refractivity contribution in [1.29, 1.82) is 0 Å². The molecule has 4 unspecified atom stereocenters. The normalized spacial score (nSPS) is 29.9. The van der Waals surface area contributed by atoms with E-state index in [1.807, 2.05) is 13.1 Å². The van der Waals surface area contributed by atoms with Gasteiger partial charge in [-0.3, -0.25) is 0 Å². The topological polar surface area (TPSA) is 12.0 Å². The molecule has 3 rings (SSSR count). The lowest BCUT2D eigenvalue weighted by Gasteiger charge is -2.26. The summed E-state index contributed by atoms with van der Waals surface area (Å²) in [6, 6.07) is 5.57. The van der Waals surface area contributed by atoms with Gasteiger partial charge in [0.05, 0.1) is 5.02 Å². The number of rotatable bonds is 5. The second kappa shape index (κ2) is 6.03. The lowest BCUT2D eigenvalue weighted by molar-refractivity contribution is 0.281. The van der Waals surface area contributed by atoms with Gasteiger partial charge in [-0.2, -0.15) is 0 Å². The van der Waals surface area contributed by atoms with Crippen LogP contribution in [-0.4, -0.2) is 13.1 Å². The molecule has 110 valence electrons. The minimum atomic E-state index is -0.329. The lowest BCUT2D eigenvalue weighted by atomic mass is 9.83. The van der Waals surface area contributed by atoms with Crippen molar-refractivity contribution in [3.8, 4) is 0 Å². The number of hydrogen-bond acceptors (Lipinski definition) is 1. The van der Waals surface area contributed by atoms with Crippen molar-refractivity contribution < 1.29 is 4.39 Å². The summed E-state index contributed by atoms with van der Waals surface area (Å²) in [5, 5.41) is 3.67. The first-order valence-corrected chi connectivity index (χ1v) is 8.14. The highest BCUT2D eigenvalue weighted by Crippen LogP contribution is 2.49. The maximum Gasteiger partial charge on any atom is 0.141 e. The molecular weight excluding hydrogens is 273 g/mol. The Labute approximate surface area is 125 Å². The van der Waals surface area contributed by atoms with Crippen LogP contribution in [0.4, 0.5) is 4.39 Å². The minimum absolute atomic E-state index is 0.234. The Morgan fingerprint density at radius 2 is 2.20 bits per heavy atom. The van der Waals surface area contributed by atoms with Gasteiger partial charge in [-0.1, -0.05) is 24.1 Å². The summed E-state index contributed by atoms with van der Waals surface area (Å²) in [6.07, 6.45) is 7.96. The highest BCUT2D eigenvalue weighted by molar-refractivity contribution is 6.30. The van der Waals surface area contributed by atoms with Crippen molar-refractivity contribution in [1.82, 2.24) is 5.32 Å². The SMILES string of the molecule is CNC(Cc1ccc(F)c(Cl)c1)CC1CC2CCC1C2. The summed E-state index contributed by atoms with van der Waals surface area (Å²) in [4.78, 5) is 0. The molecule has 0 saturated heterocycles. The zero-order valence-electron chi connectivity index (χ0n) is 12.0. The fraction of sp³-hybridized carbons (Fsp3) is 0.647.